The Morgan fingerprint density at radius 1 is 0.880 bits per heavy atom. The van der Waals surface area contributed by atoms with Gasteiger partial charge in [-0.1, -0.05) is 58.3 Å². The molecule has 0 atom stereocenters. The van der Waals surface area contributed by atoms with Crippen LogP contribution in [0.15, 0.2) is 18.2 Å². The van der Waals surface area contributed by atoms with Crippen LogP contribution in [-0.4, -0.2) is 22.0 Å². The Morgan fingerprint density at radius 3 is 2.08 bits per heavy atom. The van der Waals surface area contributed by atoms with Crippen molar-refractivity contribution >= 4 is 11.8 Å². The molecule has 25 heavy (non-hydrogen) atoms. The van der Waals surface area contributed by atoms with Gasteiger partial charge in [-0.05, 0) is 18.6 Å². The molecule has 0 aromatic heterocycles. The maximum Gasteiger partial charge on any atom is 0.273 e. The predicted molar refractivity (Wildman–Crippen MR) is 97.2 cm³/mol. The molecule has 2 amide bonds. The summed E-state index contributed by atoms with van der Waals surface area (Å²) in [4.78, 5) is 23.5. The van der Waals surface area contributed by atoms with Gasteiger partial charge in [0.1, 0.15) is 11.5 Å². The Hall–Kier alpha value is -2.24. The topological polar surface area (TPSA) is 98.7 Å². The lowest BCUT2D eigenvalue weighted by Gasteiger charge is -2.08. The molecule has 1 aromatic rings. The maximum absolute atomic E-state index is 11.8. The summed E-state index contributed by atoms with van der Waals surface area (Å²) in [6.45, 7) is 2.21. The number of nitrogens with one attached hydrogen (secondary N) is 2. The van der Waals surface area contributed by atoms with E-state index in [9.17, 15) is 19.8 Å². The van der Waals surface area contributed by atoms with E-state index in [2.05, 4.69) is 17.8 Å². The molecular weight excluding hydrogens is 320 g/mol. The van der Waals surface area contributed by atoms with E-state index in [4.69, 9.17) is 0 Å². The third-order valence-electron chi connectivity index (χ3n) is 4.05. The van der Waals surface area contributed by atoms with Gasteiger partial charge in [-0.15, -0.1) is 0 Å². The van der Waals surface area contributed by atoms with Gasteiger partial charge in [-0.3, -0.25) is 20.4 Å². The van der Waals surface area contributed by atoms with Gasteiger partial charge >= 0.3 is 0 Å². The Bertz CT molecular complexity index is 546. The highest BCUT2D eigenvalue weighted by molar-refractivity contribution is 5.97. The second kappa shape index (κ2) is 12.2. The first-order valence-electron chi connectivity index (χ1n) is 9.15. The van der Waals surface area contributed by atoms with Crippen molar-refractivity contribution in [2.75, 3.05) is 0 Å². The van der Waals surface area contributed by atoms with E-state index < -0.39 is 5.91 Å². The van der Waals surface area contributed by atoms with Crippen LogP contribution < -0.4 is 10.9 Å². The van der Waals surface area contributed by atoms with E-state index in [1.807, 2.05) is 0 Å². The second-order valence-electron chi connectivity index (χ2n) is 6.28. The predicted octanol–water partition coefficient (Wildman–Crippen LogP) is 3.78. The van der Waals surface area contributed by atoms with E-state index in [1.54, 1.807) is 0 Å². The molecule has 1 rings (SSSR count). The number of phenolic OH excluding ortho intramolecular Hbond substituents is 2. The first kappa shape index (κ1) is 20.8. The van der Waals surface area contributed by atoms with Gasteiger partial charge in [0.05, 0.1) is 5.56 Å². The molecule has 4 N–H and O–H groups in total. The van der Waals surface area contributed by atoms with Crippen molar-refractivity contribution in [3.8, 4) is 11.5 Å². The number of amides is 2. The fourth-order valence-electron chi connectivity index (χ4n) is 2.56. The summed E-state index contributed by atoms with van der Waals surface area (Å²) in [6, 6.07) is 3.64. The van der Waals surface area contributed by atoms with Crippen LogP contribution in [0.4, 0.5) is 0 Å². The molecule has 6 nitrogen and oxygen atoms in total. The van der Waals surface area contributed by atoms with Gasteiger partial charge in [-0.2, -0.15) is 0 Å². The number of hydrazine groups is 1. The van der Waals surface area contributed by atoms with Crippen LogP contribution in [0.3, 0.4) is 0 Å². The molecule has 0 aliphatic rings. The number of aromatic hydroxyl groups is 2. The Labute approximate surface area is 149 Å². The lowest BCUT2D eigenvalue weighted by molar-refractivity contribution is -0.122. The summed E-state index contributed by atoms with van der Waals surface area (Å²) in [7, 11) is 0. The van der Waals surface area contributed by atoms with E-state index in [0.29, 0.717) is 6.42 Å². The first-order valence-corrected chi connectivity index (χ1v) is 9.15. The zero-order valence-corrected chi connectivity index (χ0v) is 15.0. The van der Waals surface area contributed by atoms with Gasteiger partial charge in [0.25, 0.3) is 5.91 Å². The minimum atomic E-state index is -0.627. The highest BCUT2D eigenvalue weighted by Crippen LogP contribution is 2.22. The van der Waals surface area contributed by atoms with E-state index >= 15 is 0 Å². The SMILES string of the molecule is CCCCCCCCCCCC(=O)NNC(=O)c1ccc(O)cc1O. The molecule has 0 saturated heterocycles. The van der Waals surface area contributed by atoms with Crippen LogP contribution in [0.1, 0.15) is 81.5 Å². The second-order valence-corrected chi connectivity index (χ2v) is 6.28. The monoisotopic (exact) mass is 350 g/mol. The third kappa shape index (κ3) is 8.98. The summed E-state index contributed by atoms with van der Waals surface area (Å²) in [5, 5.41) is 18.8. The lowest BCUT2D eigenvalue weighted by atomic mass is 10.1. The maximum atomic E-state index is 11.8. The van der Waals surface area contributed by atoms with Gasteiger partial charge in [0.2, 0.25) is 5.91 Å². The molecule has 140 valence electrons. The molecule has 0 aliphatic carbocycles. The summed E-state index contributed by atoms with van der Waals surface area (Å²) in [5.41, 5.74) is 4.58. The molecule has 0 unspecified atom stereocenters. The smallest absolute Gasteiger partial charge is 0.273 e. The quantitative estimate of drug-likeness (QED) is 0.360. The van der Waals surface area contributed by atoms with Crippen molar-refractivity contribution < 1.29 is 19.8 Å². The lowest BCUT2D eigenvalue weighted by Crippen LogP contribution is -2.41. The molecule has 0 bridgehead atoms. The fraction of sp³-hybridized carbons (Fsp3) is 0.579. The van der Waals surface area contributed by atoms with E-state index in [1.165, 1.54) is 50.7 Å². The van der Waals surface area contributed by atoms with Gasteiger partial charge in [-0.25, -0.2) is 0 Å². The van der Waals surface area contributed by atoms with E-state index in [0.717, 1.165) is 25.3 Å². The number of benzene rings is 1. The van der Waals surface area contributed by atoms with Crippen molar-refractivity contribution in [3.05, 3.63) is 23.8 Å². The number of hydrogen-bond donors (Lipinski definition) is 4. The van der Waals surface area contributed by atoms with Gasteiger partial charge in [0.15, 0.2) is 0 Å². The third-order valence-corrected chi connectivity index (χ3v) is 4.05. The minimum Gasteiger partial charge on any atom is -0.508 e. The average Bonchev–Trinajstić information content (AvgIpc) is 2.58. The molecule has 0 aliphatic heterocycles. The van der Waals surface area contributed by atoms with Crippen LogP contribution in [-0.2, 0) is 4.79 Å². The van der Waals surface area contributed by atoms with Crippen LogP contribution >= 0.6 is 0 Å². The minimum absolute atomic E-state index is 0.0128. The molecule has 6 heteroatoms. The molecule has 0 spiro atoms. The number of carbonyl (C=O) groups is 2. The van der Waals surface area contributed by atoms with Crippen molar-refractivity contribution in [1.82, 2.24) is 10.9 Å². The van der Waals surface area contributed by atoms with Crippen molar-refractivity contribution in [3.63, 3.8) is 0 Å². The summed E-state index contributed by atoms with van der Waals surface area (Å²) in [6.07, 6.45) is 11.0. The zero-order chi connectivity index (χ0) is 18.5. The number of phenols is 2. The standard InChI is InChI=1S/C19H30N2O4/c1-2-3-4-5-6-7-8-9-10-11-18(24)20-21-19(25)16-13-12-15(22)14-17(16)23/h12-14,22-23H,2-11H2,1H3,(H,20,24)(H,21,25). The Kier molecular flexibility index (Phi) is 10.1. The summed E-state index contributed by atoms with van der Waals surface area (Å²) in [5.74, 6) is -1.36. The molecule has 0 radical (unpaired) electrons. The van der Waals surface area contributed by atoms with Crippen molar-refractivity contribution in [2.24, 2.45) is 0 Å². The fourth-order valence-corrected chi connectivity index (χ4v) is 2.56. The molecule has 0 fully saturated rings. The van der Waals surface area contributed by atoms with Crippen LogP contribution in [0.25, 0.3) is 0 Å². The van der Waals surface area contributed by atoms with Crippen LogP contribution in [0.2, 0.25) is 0 Å². The Morgan fingerprint density at radius 2 is 1.48 bits per heavy atom. The molecule has 0 heterocycles. The largest absolute Gasteiger partial charge is 0.508 e. The normalized spacial score (nSPS) is 10.4. The van der Waals surface area contributed by atoms with E-state index in [-0.39, 0.29) is 23.0 Å². The van der Waals surface area contributed by atoms with Crippen LogP contribution in [0, 0.1) is 0 Å². The number of hydrogen-bond acceptors (Lipinski definition) is 4. The van der Waals surface area contributed by atoms with Gasteiger partial charge < -0.3 is 10.2 Å². The summed E-state index contributed by atoms with van der Waals surface area (Å²) >= 11 is 0. The van der Waals surface area contributed by atoms with Crippen molar-refractivity contribution in [2.45, 2.75) is 71.1 Å². The number of unbranched alkanes of at least 4 members (excludes halogenated alkanes) is 8. The van der Waals surface area contributed by atoms with Gasteiger partial charge in [0, 0.05) is 12.5 Å². The van der Waals surface area contributed by atoms with Crippen LogP contribution in [0.5, 0.6) is 11.5 Å². The zero-order valence-electron chi connectivity index (χ0n) is 15.0. The number of carbonyl (C=O) groups excluding carboxylic acids is 2. The average molecular weight is 350 g/mol. The molecular formula is C19H30N2O4. The Balaban J connectivity index is 2.09. The molecule has 0 saturated carbocycles. The molecule has 1 aromatic carbocycles. The number of rotatable bonds is 11. The first-order chi connectivity index (χ1) is 12.0. The highest BCUT2D eigenvalue weighted by atomic mass is 16.3. The van der Waals surface area contributed by atoms with Crippen molar-refractivity contribution in [1.29, 1.82) is 0 Å². The summed E-state index contributed by atoms with van der Waals surface area (Å²) < 4.78 is 0. The highest BCUT2D eigenvalue weighted by Gasteiger charge is 2.12.